The molecule has 2 nitrogen and oxygen atoms in total. The topological polar surface area (TPSA) is 29.3 Å². The molecule has 1 aliphatic rings. The number of rotatable bonds is 5. The Morgan fingerprint density at radius 3 is 2.67 bits per heavy atom. The predicted molar refractivity (Wildman–Crippen MR) is 91.1 cm³/mol. The van der Waals surface area contributed by atoms with Crippen LogP contribution in [0, 0.1) is 0 Å². The molecule has 2 aromatic rings. The second-order valence-electron chi connectivity index (χ2n) is 5.61. The van der Waals surface area contributed by atoms with E-state index in [0.717, 1.165) is 19.5 Å². The first kappa shape index (κ1) is 14.8. The van der Waals surface area contributed by atoms with E-state index in [9.17, 15) is 0 Å². The lowest BCUT2D eigenvalue weighted by atomic mass is 10.1. The van der Waals surface area contributed by atoms with Gasteiger partial charge in [-0.1, -0.05) is 58.4 Å². The molecule has 3 heteroatoms. The molecule has 1 atom stereocenters. The molecule has 3 rings (SSSR count). The van der Waals surface area contributed by atoms with E-state index >= 15 is 0 Å². The van der Waals surface area contributed by atoms with Gasteiger partial charge in [0, 0.05) is 30.1 Å². The number of hydrogen-bond acceptors (Lipinski definition) is 2. The van der Waals surface area contributed by atoms with Crippen molar-refractivity contribution < 1.29 is 0 Å². The van der Waals surface area contributed by atoms with E-state index in [0.29, 0.717) is 12.6 Å². The highest BCUT2D eigenvalue weighted by molar-refractivity contribution is 9.10. The van der Waals surface area contributed by atoms with Crippen LogP contribution in [0.4, 0.5) is 0 Å². The summed E-state index contributed by atoms with van der Waals surface area (Å²) in [6.45, 7) is 2.60. The quantitative estimate of drug-likeness (QED) is 0.891. The molecule has 2 aromatic carbocycles. The molecule has 0 heterocycles. The lowest BCUT2D eigenvalue weighted by Gasteiger charge is -2.29. The molecule has 0 fully saturated rings. The zero-order valence-corrected chi connectivity index (χ0v) is 13.7. The van der Waals surface area contributed by atoms with Crippen LogP contribution < -0.4 is 5.73 Å². The van der Waals surface area contributed by atoms with E-state index in [1.165, 1.54) is 27.6 Å². The summed E-state index contributed by atoms with van der Waals surface area (Å²) in [5, 5.41) is 0. The summed E-state index contributed by atoms with van der Waals surface area (Å²) >= 11 is 3.69. The lowest BCUT2D eigenvalue weighted by Crippen LogP contribution is -2.32. The number of benzene rings is 2. The number of halogens is 1. The van der Waals surface area contributed by atoms with Crippen molar-refractivity contribution in [2.75, 3.05) is 13.1 Å². The van der Waals surface area contributed by atoms with Gasteiger partial charge in [0.25, 0.3) is 0 Å². The zero-order valence-electron chi connectivity index (χ0n) is 12.1. The van der Waals surface area contributed by atoms with Crippen LogP contribution >= 0.6 is 15.9 Å². The monoisotopic (exact) mass is 344 g/mol. The third kappa shape index (κ3) is 3.20. The number of hydrogen-bond donors (Lipinski definition) is 1. The lowest BCUT2D eigenvalue weighted by molar-refractivity contribution is 0.193. The maximum absolute atomic E-state index is 5.85. The molecule has 0 aliphatic heterocycles. The van der Waals surface area contributed by atoms with Crippen molar-refractivity contribution in [2.45, 2.75) is 25.4 Å². The predicted octanol–water partition coefficient (Wildman–Crippen LogP) is 3.90. The Bertz CT molecular complexity index is 597. The first-order valence-corrected chi connectivity index (χ1v) is 8.34. The van der Waals surface area contributed by atoms with Crippen LogP contribution in [-0.4, -0.2) is 18.0 Å². The summed E-state index contributed by atoms with van der Waals surface area (Å²) < 4.78 is 1.25. The van der Waals surface area contributed by atoms with E-state index in [2.05, 4.69) is 69.4 Å². The summed E-state index contributed by atoms with van der Waals surface area (Å²) in [5.74, 6) is 0. The third-order valence-electron chi connectivity index (χ3n) is 4.27. The Labute approximate surface area is 135 Å². The van der Waals surface area contributed by atoms with Crippen LogP contribution in [0.25, 0.3) is 0 Å². The van der Waals surface area contributed by atoms with Crippen LogP contribution in [0.3, 0.4) is 0 Å². The van der Waals surface area contributed by atoms with Crippen molar-refractivity contribution in [1.82, 2.24) is 4.90 Å². The van der Waals surface area contributed by atoms with Gasteiger partial charge in [-0.25, -0.2) is 0 Å². The van der Waals surface area contributed by atoms with Gasteiger partial charge in [-0.15, -0.1) is 0 Å². The molecule has 0 saturated heterocycles. The van der Waals surface area contributed by atoms with E-state index < -0.39 is 0 Å². The van der Waals surface area contributed by atoms with Gasteiger partial charge in [-0.05, 0) is 35.6 Å². The third-order valence-corrected chi connectivity index (χ3v) is 5.01. The largest absolute Gasteiger partial charge is 0.329 e. The van der Waals surface area contributed by atoms with Gasteiger partial charge in [0.2, 0.25) is 0 Å². The molecule has 1 unspecified atom stereocenters. The molecule has 0 bridgehead atoms. The van der Waals surface area contributed by atoms with Crippen LogP contribution in [0.15, 0.2) is 53.0 Å². The highest BCUT2D eigenvalue weighted by atomic mass is 79.9. The molecular formula is C18H21BrN2. The summed E-state index contributed by atoms with van der Waals surface area (Å²) in [6.07, 6.45) is 2.34. The maximum Gasteiger partial charge on any atom is 0.0358 e. The van der Waals surface area contributed by atoms with Crippen LogP contribution in [-0.2, 0) is 13.0 Å². The standard InChI is InChI=1S/C18H21BrN2/c19-17-8-4-7-16-15(17)9-10-18(16)21(12-11-20)13-14-5-2-1-3-6-14/h1-8,18H,9-13,20H2. The highest BCUT2D eigenvalue weighted by Gasteiger charge is 2.28. The zero-order chi connectivity index (χ0) is 14.7. The average molecular weight is 345 g/mol. The van der Waals surface area contributed by atoms with Crippen molar-refractivity contribution in [3.8, 4) is 0 Å². The molecule has 21 heavy (non-hydrogen) atoms. The maximum atomic E-state index is 5.85. The number of fused-ring (bicyclic) bond motifs is 1. The van der Waals surface area contributed by atoms with Gasteiger partial charge in [-0.3, -0.25) is 4.90 Å². The van der Waals surface area contributed by atoms with E-state index in [-0.39, 0.29) is 0 Å². The van der Waals surface area contributed by atoms with E-state index in [1.807, 2.05) is 0 Å². The minimum atomic E-state index is 0.487. The Hall–Kier alpha value is -1.16. The fourth-order valence-corrected chi connectivity index (χ4v) is 3.88. The fourth-order valence-electron chi connectivity index (χ4n) is 3.30. The number of nitrogens with two attached hydrogens (primary N) is 1. The van der Waals surface area contributed by atoms with Gasteiger partial charge in [0.15, 0.2) is 0 Å². The van der Waals surface area contributed by atoms with E-state index in [1.54, 1.807) is 0 Å². The Kier molecular flexibility index (Phi) is 4.73. The second-order valence-corrected chi connectivity index (χ2v) is 6.46. The second kappa shape index (κ2) is 6.73. The van der Waals surface area contributed by atoms with Crippen molar-refractivity contribution >= 4 is 15.9 Å². The summed E-state index contributed by atoms with van der Waals surface area (Å²) in [7, 11) is 0. The summed E-state index contributed by atoms with van der Waals surface area (Å²) in [5.41, 5.74) is 10.1. The van der Waals surface area contributed by atoms with Gasteiger partial charge in [0.1, 0.15) is 0 Å². The van der Waals surface area contributed by atoms with Crippen molar-refractivity contribution in [3.63, 3.8) is 0 Å². The number of nitrogens with zero attached hydrogens (tertiary/aromatic N) is 1. The first-order valence-electron chi connectivity index (χ1n) is 7.55. The Morgan fingerprint density at radius 1 is 1.10 bits per heavy atom. The van der Waals surface area contributed by atoms with Crippen LogP contribution in [0.2, 0.25) is 0 Å². The molecular weight excluding hydrogens is 324 g/mol. The molecule has 0 aromatic heterocycles. The van der Waals surface area contributed by atoms with Crippen LogP contribution in [0.1, 0.15) is 29.2 Å². The molecule has 0 radical (unpaired) electrons. The molecule has 0 amide bonds. The first-order chi connectivity index (χ1) is 10.3. The van der Waals surface area contributed by atoms with Gasteiger partial charge >= 0.3 is 0 Å². The smallest absolute Gasteiger partial charge is 0.0358 e. The normalized spacial score (nSPS) is 17.2. The Morgan fingerprint density at radius 2 is 1.90 bits per heavy atom. The van der Waals surface area contributed by atoms with Crippen molar-refractivity contribution in [1.29, 1.82) is 0 Å². The van der Waals surface area contributed by atoms with Crippen molar-refractivity contribution in [3.05, 3.63) is 69.7 Å². The fraction of sp³-hybridized carbons (Fsp3) is 0.333. The van der Waals surface area contributed by atoms with Crippen LogP contribution in [0.5, 0.6) is 0 Å². The Balaban J connectivity index is 1.85. The molecule has 1 aliphatic carbocycles. The SMILES string of the molecule is NCCN(Cc1ccccc1)C1CCc2c(Br)cccc21. The van der Waals surface area contributed by atoms with Gasteiger partial charge < -0.3 is 5.73 Å². The minimum absolute atomic E-state index is 0.487. The highest BCUT2D eigenvalue weighted by Crippen LogP contribution is 2.39. The average Bonchev–Trinajstić information content (AvgIpc) is 2.93. The molecule has 0 spiro atoms. The van der Waals surface area contributed by atoms with Gasteiger partial charge in [0.05, 0.1) is 0 Å². The summed E-state index contributed by atoms with van der Waals surface area (Å²) in [4.78, 5) is 2.52. The van der Waals surface area contributed by atoms with E-state index in [4.69, 9.17) is 5.73 Å². The van der Waals surface area contributed by atoms with Gasteiger partial charge in [-0.2, -0.15) is 0 Å². The molecule has 110 valence electrons. The van der Waals surface area contributed by atoms with Crippen molar-refractivity contribution in [2.24, 2.45) is 5.73 Å². The molecule has 2 N–H and O–H groups in total. The molecule has 0 saturated carbocycles. The summed E-state index contributed by atoms with van der Waals surface area (Å²) in [6, 6.07) is 17.7. The minimum Gasteiger partial charge on any atom is -0.329 e.